The third-order valence-corrected chi connectivity index (χ3v) is 13.0. The molecule has 0 aliphatic carbocycles. The molecule has 0 spiro atoms. The van der Waals surface area contributed by atoms with Gasteiger partial charge in [0.05, 0.1) is 18.5 Å². The Morgan fingerprint density at radius 1 is 0.800 bits per heavy atom. The Morgan fingerprint density at radius 2 is 1.36 bits per heavy atom. The van der Waals surface area contributed by atoms with E-state index in [0.29, 0.717) is 23.5 Å². The highest BCUT2D eigenvalue weighted by atomic mass is 31.2. The monoisotopic (exact) mass is 724 g/mol. The van der Waals surface area contributed by atoms with Crippen LogP contribution in [0.2, 0.25) is 0 Å². The molecule has 1 aliphatic rings. The summed E-state index contributed by atoms with van der Waals surface area (Å²) in [5, 5.41) is 19.9. The first-order valence-corrected chi connectivity index (χ1v) is 20.9. The highest BCUT2D eigenvalue weighted by molar-refractivity contribution is 7.57. The van der Waals surface area contributed by atoms with Crippen molar-refractivity contribution in [2.75, 3.05) is 0 Å². The summed E-state index contributed by atoms with van der Waals surface area (Å²) in [6.45, 7) is 17.1. The number of aryl methyl sites for hydroxylation is 3. The molecule has 0 radical (unpaired) electrons. The average molecular weight is 725 g/mol. The van der Waals surface area contributed by atoms with Gasteiger partial charge in [-0.15, -0.1) is 0 Å². The quantitative estimate of drug-likeness (QED) is 0.127. The summed E-state index contributed by atoms with van der Waals surface area (Å²) in [6.07, 6.45) is 1.04. The molecule has 5 rings (SSSR count). The second kappa shape index (κ2) is 15.5. The molecule has 270 valence electrons. The number of ether oxygens (including phenoxy) is 1. The van der Waals surface area contributed by atoms with Crippen molar-refractivity contribution in [1.29, 1.82) is 0 Å². The zero-order chi connectivity index (χ0) is 37.3. The second-order valence-electron chi connectivity index (χ2n) is 14.3. The van der Waals surface area contributed by atoms with Crippen molar-refractivity contribution in [2.24, 2.45) is 0 Å². The summed E-state index contributed by atoms with van der Waals surface area (Å²) >= 11 is 0. The highest BCUT2D eigenvalue weighted by Gasteiger charge is 2.32. The molecule has 0 aromatic heterocycles. The van der Waals surface area contributed by atoms with Crippen LogP contribution in [-0.2, 0) is 34.0 Å². The van der Waals surface area contributed by atoms with Crippen LogP contribution in [0.25, 0.3) is 0 Å². The van der Waals surface area contributed by atoms with Gasteiger partial charge in [-0.1, -0.05) is 58.0 Å². The second-order valence-corrected chi connectivity index (χ2v) is 19.2. The van der Waals surface area contributed by atoms with Gasteiger partial charge in [0.1, 0.15) is 23.0 Å². The normalized spacial score (nSPS) is 17.2. The third kappa shape index (κ3) is 9.27. The lowest BCUT2D eigenvalue weighted by atomic mass is 9.92. The maximum absolute atomic E-state index is 13.3. The number of halogens is 1. The summed E-state index contributed by atoms with van der Waals surface area (Å²) in [6, 6.07) is 16.6. The van der Waals surface area contributed by atoms with Crippen molar-refractivity contribution in [3.63, 3.8) is 0 Å². The van der Waals surface area contributed by atoms with Crippen molar-refractivity contribution < 1.29 is 38.3 Å². The highest BCUT2D eigenvalue weighted by Crippen LogP contribution is 2.56. The molecule has 0 saturated carbocycles. The lowest BCUT2D eigenvalue weighted by molar-refractivity contribution is 0.385. The van der Waals surface area contributed by atoms with Crippen LogP contribution in [0.5, 0.6) is 23.0 Å². The van der Waals surface area contributed by atoms with Crippen LogP contribution in [-0.4, -0.2) is 25.9 Å². The van der Waals surface area contributed by atoms with Gasteiger partial charge in [-0.2, -0.15) is 0 Å². The SMILES string of the molecule is Cc1cc(CP(=O)(O)C(C)F)cc(C)c1Cc1ccc(O)c(C(C)C)c1.Cc1cc2c(c(C)c1Oc1ccc(O)c(C(C)C)c1)CP(=O)(O)C2. The van der Waals surface area contributed by atoms with Gasteiger partial charge < -0.3 is 24.7 Å². The Kier molecular flexibility index (Phi) is 12.2. The van der Waals surface area contributed by atoms with Crippen LogP contribution in [0.3, 0.4) is 0 Å². The summed E-state index contributed by atoms with van der Waals surface area (Å²) < 4.78 is 43.5. The molecule has 4 aromatic rings. The molecule has 0 bridgehead atoms. The van der Waals surface area contributed by atoms with Crippen LogP contribution in [0.4, 0.5) is 4.39 Å². The third-order valence-electron chi connectivity index (χ3n) is 9.41. The van der Waals surface area contributed by atoms with Gasteiger partial charge >= 0.3 is 0 Å². The molecule has 0 saturated heterocycles. The molecule has 4 N–H and O–H groups in total. The Hall–Kier alpha value is -3.41. The molecule has 0 amide bonds. The van der Waals surface area contributed by atoms with Crippen molar-refractivity contribution in [3.8, 4) is 23.0 Å². The molecule has 7 nitrogen and oxygen atoms in total. The standard InChI is InChI=1S/C21H28FO3P.C19H23O4P/c1-13(2)19-10-17(6-7-21(19)23)11-20-14(3)8-18(9-15(20)4)12-26(24,25)16(5)22;1-11(2)16-8-15(5-6-18(16)20)23-19-12(3)7-14-9-24(21,22)10-17(14)13(19)4/h6-10,13,16,23H,11-12H2,1-5H3,(H,24,25);5-8,11,20H,9-10H2,1-4H3,(H,21,22). The number of aromatic hydroxyl groups is 2. The molecule has 3 unspecified atom stereocenters. The van der Waals surface area contributed by atoms with E-state index in [-0.39, 0.29) is 36.1 Å². The van der Waals surface area contributed by atoms with Gasteiger partial charge in [0.15, 0.2) is 5.91 Å². The van der Waals surface area contributed by atoms with E-state index in [1.807, 2.05) is 91.8 Å². The minimum atomic E-state index is -3.83. The number of hydrogen-bond acceptors (Lipinski definition) is 5. The fourth-order valence-electron chi connectivity index (χ4n) is 6.57. The van der Waals surface area contributed by atoms with Gasteiger partial charge in [-0.05, 0) is 133 Å². The Balaban J connectivity index is 0.000000225. The van der Waals surface area contributed by atoms with Crippen molar-refractivity contribution in [3.05, 3.63) is 116 Å². The molecule has 10 heteroatoms. The maximum Gasteiger partial charge on any atom is 0.237 e. The van der Waals surface area contributed by atoms with Gasteiger partial charge in [0, 0.05) is 5.56 Å². The number of phenolic OH excluding ortho intramolecular Hbond substituents is 2. The van der Waals surface area contributed by atoms with Crippen LogP contribution in [0.1, 0.15) is 108 Å². The number of hydrogen-bond donors (Lipinski definition) is 4. The topological polar surface area (TPSA) is 124 Å². The van der Waals surface area contributed by atoms with Gasteiger partial charge in [-0.3, -0.25) is 9.13 Å². The number of alkyl halides is 1. The number of phenols is 2. The molecule has 3 atom stereocenters. The Labute approximate surface area is 296 Å². The fraction of sp³-hybridized carbons (Fsp3) is 0.400. The predicted octanol–water partition coefficient (Wildman–Crippen LogP) is 11.0. The van der Waals surface area contributed by atoms with E-state index >= 15 is 0 Å². The van der Waals surface area contributed by atoms with E-state index in [2.05, 4.69) is 0 Å². The van der Waals surface area contributed by atoms with Crippen LogP contribution < -0.4 is 4.74 Å². The van der Waals surface area contributed by atoms with Gasteiger partial charge in [-0.25, -0.2) is 4.39 Å². The van der Waals surface area contributed by atoms with E-state index < -0.39 is 20.7 Å². The predicted molar refractivity (Wildman–Crippen MR) is 200 cm³/mol. The Bertz CT molecular complexity index is 1960. The molecule has 50 heavy (non-hydrogen) atoms. The number of rotatable bonds is 9. The molecular formula is C40H51FO7P2. The van der Waals surface area contributed by atoms with E-state index in [1.165, 1.54) is 0 Å². The first-order valence-electron chi connectivity index (χ1n) is 17.0. The smallest absolute Gasteiger partial charge is 0.237 e. The zero-order valence-electron chi connectivity index (χ0n) is 30.5. The lowest BCUT2D eigenvalue weighted by Crippen LogP contribution is -2.02. The fourth-order valence-corrected chi connectivity index (χ4v) is 9.39. The summed E-state index contributed by atoms with van der Waals surface area (Å²) in [4.78, 5) is 19.7. The van der Waals surface area contributed by atoms with Gasteiger partial charge in [0.25, 0.3) is 0 Å². The van der Waals surface area contributed by atoms with Crippen molar-refractivity contribution in [1.82, 2.24) is 0 Å². The largest absolute Gasteiger partial charge is 0.508 e. The minimum Gasteiger partial charge on any atom is -0.508 e. The molecule has 0 fully saturated rings. The molecule has 4 aromatic carbocycles. The number of benzene rings is 4. The van der Waals surface area contributed by atoms with E-state index in [9.17, 15) is 33.5 Å². The van der Waals surface area contributed by atoms with E-state index in [4.69, 9.17) is 4.74 Å². The van der Waals surface area contributed by atoms with Crippen LogP contribution in [0, 0.1) is 27.7 Å². The minimum absolute atomic E-state index is 0.149. The zero-order valence-corrected chi connectivity index (χ0v) is 32.3. The summed E-state index contributed by atoms with van der Waals surface area (Å²) in [5.74, 6) is 0.669. The summed E-state index contributed by atoms with van der Waals surface area (Å²) in [5.41, 5.74) is 10.5. The number of fused-ring (bicyclic) bond motifs is 1. The van der Waals surface area contributed by atoms with Crippen molar-refractivity contribution >= 4 is 14.7 Å². The van der Waals surface area contributed by atoms with Crippen molar-refractivity contribution in [2.45, 2.75) is 105 Å². The first kappa shape index (κ1) is 39.4. The molecule has 1 aliphatic heterocycles. The van der Waals surface area contributed by atoms with E-state index in [1.54, 1.807) is 18.2 Å². The van der Waals surface area contributed by atoms with Crippen LogP contribution in [0.15, 0.2) is 54.6 Å². The average Bonchev–Trinajstić information content (AvgIpc) is 3.32. The van der Waals surface area contributed by atoms with Crippen LogP contribution >= 0.6 is 14.7 Å². The van der Waals surface area contributed by atoms with E-state index in [0.717, 1.165) is 68.3 Å². The first-order chi connectivity index (χ1) is 23.2. The molecular weight excluding hydrogens is 673 g/mol. The maximum atomic E-state index is 13.3. The Morgan fingerprint density at radius 3 is 1.92 bits per heavy atom. The summed E-state index contributed by atoms with van der Waals surface area (Å²) in [7, 11) is -6.92. The lowest BCUT2D eigenvalue weighted by Gasteiger charge is -2.17. The van der Waals surface area contributed by atoms with Gasteiger partial charge in [0.2, 0.25) is 14.7 Å². The molecule has 1 heterocycles.